The second-order valence-corrected chi connectivity index (χ2v) is 4.81. The van der Waals surface area contributed by atoms with Crippen LogP contribution in [0.3, 0.4) is 0 Å². The Balaban J connectivity index is 2.35. The van der Waals surface area contributed by atoms with Gasteiger partial charge in [-0.05, 0) is 24.3 Å². The zero-order chi connectivity index (χ0) is 15.4. The first-order valence-electron chi connectivity index (χ1n) is 6.21. The molecule has 0 saturated heterocycles. The highest BCUT2D eigenvalue weighted by Gasteiger charge is 2.11. The fraction of sp³-hybridized carbons (Fsp3) is 0.133. The first-order valence-corrected chi connectivity index (χ1v) is 6.61. The number of pyridine rings is 1. The van der Waals surface area contributed by atoms with Crippen LogP contribution in [0, 0.1) is 0 Å². The molecular weight excluding hydrogens is 286 g/mol. The first kappa shape index (κ1) is 14.9. The van der Waals surface area contributed by atoms with Gasteiger partial charge in [0.15, 0.2) is 0 Å². The summed E-state index contributed by atoms with van der Waals surface area (Å²) < 4.78 is 4.71. The van der Waals surface area contributed by atoms with E-state index in [9.17, 15) is 4.79 Å². The first-order chi connectivity index (χ1) is 10.0. The van der Waals surface area contributed by atoms with Gasteiger partial charge in [0.2, 0.25) is 0 Å². The summed E-state index contributed by atoms with van der Waals surface area (Å²) in [6, 6.07) is 10.8. The fourth-order valence-electron chi connectivity index (χ4n) is 1.85. The van der Waals surface area contributed by atoms with Gasteiger partial charge in [0.25, 0.3) is 0 Å². The van der Waals surface area contributed by atoms with Gasteiger partial charge in [0.1, 0.15) is 10.8 Å². The predicted octanol–water partition coefficient (Wildman–Crippen LogP) is 2.27. The van der Waals surface area contributed by atoms with Gasteiger partial charge in [0.05, 0.1) is 12.7 Å². The van der Waals surface area contributed by atoms with Crippen LogP contribution in [0.1, 0.15) is 15.9 Å². The van der Waals surface area contributed by atoms with Crippen LogP contribution in [-0.4, -0.2) is 30.1 Å². The van der Waals surface area contributed by atoms with Crippen LogP contribution in [0.4, 0.5) is 11.5 Å². The molecular formula is C15H15N3O2S. The van der Waals surface area contributed by atoms with E-state index in [1.807, 2.05) is 36.2 Å². The standard InChI is InChI=1S/C15H15N3O2S/c1-18(12-5-3-4-10(8-12)14(16)21)13-9-11(6-7-17-13)15(19)20-2/h3-9H,1-2H3,(H2,16,21). The quantitative estimate of drug-likeness (QED) is 0.690. The minimum atomic E-state index is -0.399. The molecule has 0 atom stereocenters. The van der Waals surface area contributed by atoms with Gasteiger partial charge in [-0.2, -0.15) is 0 Å². The highest BCUT2D eigenvalue weighted by atomic mass is 32.1. The summed E-state index contributed by atoms with van der Waals surface area (Å²) >= 11 is 4.98. The van der Waals surface area contributed by atoms with E-state index in [4.69, 9.17) is 22.7 Å². The van der Waals surface area contributed by atoms with E-state index in [0.29, 0.717) is 16.4 Å². The van der Waals surface area contributed by atoms with Gasteiger partial charge >= 0.3 is 5.97 Å². The lowest BCUT2D eigenvalue weighted by molar-refractivity contribution is 0.0600. The molecule has 0 aliphatic carbocycles. The van der Waals surface area contributed by atoms with E-state index < -0.39 is 5.97 Å². The number of hydrogen-bond acceptors (Lipinski definition) is 5. The topological polar surface area (TPSA) is 68.5 Å². The van der Waals surface area contributed by atoms with Crippen LogP contribution in [0.15, 0.2) is 42.6 Å². The SMILES string of the molecule is COC(=O)c1ccnc(N(C)c2cccc(C(N)=S)c2)c1. The molecule has 5 nitrogen and oxygen atoms in total. The third kappa shape index (κ3) is 3.35. The molecule has 0 amide bonds. The largest absolute Gasteiger partial charge is 0.465 e. The number of esters is 1. The van der Waals surface area contributed by atoms with Crippen LogP contribution < -0.4 is 10.6 Å². The number of thiocarbonyl (C=S) groups is 1. The molecule has 108 valence electrons. The van der Waals surface area contributed by atoms with Crippen LogP contribution in [0.25, 0.3) is 0 Å². The Kier molecular flexibility index (Phi) is 4.49. The van der Waals surface area contributed by atoms with Crippen molar-refractivity contribution in [2.75, 3.05) is 19.1 Å². The average Bonchev–Trinajstić information content (AvgIpc) is 2.53. The van der Waals surface area contributed by atoms with Gasteiger partial charge in [-0.25, -0.2) is 9.78 Å². The molecule has 21 heavy (non-hydrogen) atoms. The monoisotopic (exact) mass is 301 g/mol. The van der Waals surface area contributed by atoms with E-state index >= 15 is 0 Å². The van der Waals surface area contributed by atoms with Crippen LogP contribution in [0.2, 0.25) is 0 Å². The van der Waals surface area contributed by atoms with Crippen molar-refractivity contribution in [2.24, 2.45) is 5.73 Å². The van der Waals surface area contributed by atoms with Gasteiger partial charge in [-0.1, -0.05) is 24.4 Å². The third-order valence-corrected chi connectivity index (χ3v) is 3.26. The molecule has 1 heterocycles. The van der Waals surface area contributed by atoms with Gasteiger partial charge < -0.3 is 15.4 Å². The summed E-state index contributed by atoms with van der Waals surface area (Å²) in [5.74, 6) is 0.224. The van der Waals surface area contributed by atoms with E-state index in [1.54, 1.807) is 18.3 Å². The van der Waals surface area contributed by atoms with E-state index in [2.05, 4.69) is 4.98 Å². The summed E-state index contributed by atoms with van der Waals surface area (Å²) in [6.07, 6.45) is 1.56. The van der Waals surface area contributed by atoms with Crippen molar-refractivity contribution in [3.63, 3.8) is 0 Å². The number of nitrogens with two attached hydrogens (primary N) is 1. The maximum Gasteiger partial charge on any atom is 0.338 e. The lowest BCUT2D eigenvalue weighted by atomic mass is 10.2. The Morgan fingerprint density at radius 2 is 2.05 bits per heavy atom. The lowest BCUT2D eigenvalue weighted by Gasteiger charge is -2.19. The molecule has 0 bridgehead atoms. The fourth-order valence-corrected chi connectivity index (χ4v) is 1.97. The van der Waals surface area contributed by atoms with Crippen molar-refractivity contribution >= 4 is 34.7 Å². The van der Waals surface area contributed by atoms with Crippen molar-refractivity contribution in [3.8, 4) is 0 Å². The molecule has 0 aliphatic heterocycles. The molecule has 0 spiro atoms. The zero-order valence-electron chi connectivity index (χ0n) is 11.7. The summed E-state index contributed by atoms with van der Waals surface area (Å²) in [5, 5.41) is 0. The van der Waals surface area contributed by atoms with Gasteiger partial charge in [-0.15, -0.1) is 0 Å². The number of carbonyl (C=O) groups excluding carboxylic acids is 1. The summed E-state index contributed by atoms with van der Waals surface area (Å²) in [6.45, 7) is 0. The number of rotatable bonds is 4. The van der Waals surface area contributed by atoms with Crippen LogP contribution in [-0.2, 0) is 4.74 Å². The molecule has 0 fully saturated rings. The van der Waals surface area contributed by atoms with Crippen molar-refractivity contribution in [2.45, 2.75) is 0 Å². The molecule has 2 rings (SSSR count). The number of nitrogens with zero attached hydrogens (tertiary/aromatic N) is 2. The molecule has 0 radical (unpaired) electrons. The van der Waals surface area contributed by atoms with E-state index in [0.717, 1.165) is 11.3 Å². The second-order valence-electron chi connectivity index (χ2n) is 4.37. The van der Waals surface area contributed by atoms with Crippen LogP contribution >= 0.6 is 12.2 Å². The van der Waals surface area contributed by atoms with E-state index in [1.165, 1.54) is 7.11 Å². The predicted molar refractivity (Wildman–Crippen MR) is 86.0 cm³/mol. The summed E-state index contributed by atoms with van der Waals surface area (Å²) in [7, 11) is 3.19. The van der Waals surface area contributed by atoms with Crippen LogP contribution in [0.5, 0.6) is 0 Å². The zero-order valence-corrected chi connectivity index (χ0v) is 12.6. The Morgan fingerprint density at radius 3 is 2.71 bits per heavy atom. The molecule has 2 aromatic rings. The van der Waals surface area contributed by atoms with Gasteiger partial charge in [-0.3, -0.25) is 0 Å². The summed E-state index contributed by atoms with van der Waals surface area (Å²) in [5.41, 5.74) is 7.73. The molecule has 1 aromatic carbocycles. The maximum absolute atomic E-state index is 11.6. The van der Waals surface area contributed by atoms with Crippen molar-refractivity contribution in [1.29, 1.82) is 0 Å². The molecule has 2 N–H and O–H groups in total. The molecule has 1 aromatic heterocycles. The number of aromatic nitrogens is 1. The number of anilines is 2. The van der Waals surface area contributed by atoms with Crippen molar-refractivity contribution in [1.82, 2.24) is 4.98 Å². The molecule has 0 unspecified atom stereocenters. The molecule has 0 saturated carbocycles. The normalized spacial score (nSPS) is 10.0. The highest BCUT2D eigenvalue weighted by Crippen LogP contribution is 2.23. The maximum atomic E-state index is 11.6. The smallest absolute Gasteiger partial charge is 0.338 e. The lowest BCUT2D eigenvalue weighted by Crippen LogP contribution is -2.14. The molecule has 6 heteroatoms. The Hall–Kier alpha value is -2.47. The highest BCUT2D eigenvalue weighted by molar-refractivity contribution is 7.80. The number of benzene rings is 1. The average molecular weight is 301 g/mol. The summed E-state index contributed by atoms with van der Waals surface area (Å²) in [4.78, 5) is 18.0. The number of ether oxygens (including phenoxy) is 1. The Bertz CT molecular complexity index is 688. The van der Waals surface area contributed by atoms with Crippen molar-refractivity contribution in [3.05, 3.63) is 53.7 Å². The third-order valence-electron chi connectivity index (χ3n) is 3.03. The Morgan fingerprint density at radius 1 is 1.29 bits per heavy atom. The minimum Gasteiger partial charge on any atom is -0.465 e. The minimum absolute atomic E-state index is 0.335. The molecule has 0 aliphatic rings. The van der Waals surface area contributed by atoms with Gasteiger partial charge in [0, 0.05) is 24.5 Å². The second kappa shape index (κ2) is 6.32. The number of carbonyl (C=O) groups is 1. The number of hydrogen-bond donors (Lipinski definition) is 1. The Labute approximate surface area is 128 Å². The number of methoxy groups -OCH3 is 1. The van der Waals surface area contributed by atoms with E-state index in [-0.39, 0.29) is 0 Å². The van der Waals surface area contributed by atoms with Crippen molar-refractivity contribution < 1.29 is 9.53 Å².